The summed E-state index contributed by atoms with van der Waals surface area (Å²) in [6.07, 6.45) is 15.5. The second-order valence-electron chi connectivity index (χ2n) is 8.15. The topological polar surface area (TPSA) is 12.0 Å². The van der Waals surface area contributed by atoms with Crippen LogP contribution in [0.25, 0.3) is 0 Å². The van der Waals surface area contributed by atoms with Gasteiger partial charge in [-0.1, -0.05) is 19.3 Å². The van der Waals surface area contributed by atoms with E-state index in [1.165, 1.54) is 25.7 Å². The molecule has 5 aliphatic carbocycles. The van der Waals surface area contributed by atoms with E-state index in [4.69, 9.17) is 0 Å². The van der Waals surface area contributed by atoms with Crippen LogP contribution in [0.15, 0.2) is 0 Å². The Hall–Kier alpha value is -0.0400. The van der Waals surface area contributed by atoms with Crippen molar-refractivity contribution in [3.63, 3.8) is 0 Å². The largest absolute Gasteiger partial charge is 0.316 e. The van der Waals surface area contributed by atoms with Crippen molar-refractivity contribution in [1.82, 2.24) is 5.32 Å². The van der Waals surface area contributed by atoms with Crippen LogP contribution < -0.4 is 5.32 Å². The van der Waals surface area contributed by atoms with E-state index in [0.29, 0.717) is 0 Å². The molecule has 4 bridgehead atoms. The summed E-state index contributed by atoms with van der Waals surface area (Å²) in [5, 5.41) is 3.76. The molecule has 1 unspecified atom stereocenters. The molecule has 5 aliphatic rings. The standard InChI is InChI=1S/C17H29N/c1-18-16(8-12-3-2-4-12)17-9-13-5-14(10-17)7-15(6-13)11-17/h12-16,18H,2-11H2,1H3. The van der Waals surface area contributed by atoms with Gasteiger partial charge >= 0.3 is 0 Å². The van der Waals surface area contributed by atoms with Gasteiger partial charge in [0.2, 0.25) is 0 Å². The van der Waals surface area contributed by atoms with Crippen LogP contribution in [0, 0.1) is 29.1 Å². The predicted molar refractivity (Wildman–Crippen MR) is 75.4 cm³/mol. The molecular weight excluding hydrogens is 218 g/mol. The Kier molecular flexibility index (Phi) is 2.76. The highest BCUT2D eigenvalue weighted by molar-refractivity contribution is 5.06. The second kappa shape index (κ2) is 4.23. The molecule has 0 aromatic heterocycles. The van der Waals surface area contributed by atoms with Crippen LogP contribution in [0.5, 0.6) is 0 Å². The molecule has 0 amide bonds. The summed E-state index contributed by atoms with van der Waals surface area (Å²) in [5.74, 6) is 4.38. The van der Waals surface area contributed by atoms with Crippen LogP contribution in [0.2, 0.25) is 0 Å². The fourth-order valence-corrected chi connectivity index (χ4v) is 6.34. The Morgan fingerprint density at radius 1 is 1.00 bits per heavy atom. The summed E-state index contributed by atoms with van der Waals surface area (Å²) in [6, 6.07) is 0.844. The Morgan fingerprint density at radius 2 is 1.56 bits per heavy atom. The van der Waals surface area contributed by atoms with Crippen molar-refractivity contribution in [1.29, 1.82) is 0 Å². The summed E-state index contributed by atoms with van der Waals surface area (Å²) in [4.78, 5) is 0. The van der Waals surface area contributed by atoms with Gasteiger partial charge in [0, 0.05) is 6.04 Å². The Balaban J connectivity index is 1.53. The molecule has 0 radical (unpaired) electrons. The van der Waals surface area contributed by atoms with Gasteiger partial charge in [-0.05, 0) is 81.1 Å². The number of hydrogen-bond donors (Lipinski definition) is 1. The molecule has 1 N–H and O–H groups in total. The van der Waals surface area contributed by atoms with E-state index in [-0.39, 0.29) is 0 Å². The smallest absolute Gasteiger partial charge is 0.0123 e. The van der Waals surface area contributed by atoms with E-state index in [9.17, 15) is 0 Å². The SMILES string of the molecule is CNC(CC1CCC1)C12CC3CC(CC(C3)C1)C2. The molecule has 0 spiro atoms. The first kappa shape index (κ1) is 11.8. The van der Waals surface area contributed by atoms with Gasteiger partial charge in [-0.2, -0.15) is 0 Å². The van der Waals surface area contributed by atoms with Crippen molar-refractivity contribution in [2.24, 2.45) is 29.1 Å². The van der Waals surface area contributed by atoms with Crippen LogP contribution in [0.1, 0.15) is 64.2 Å². The van der Waals surface area contributed by atoms with Gasteiger partial charge in [0.05, 0.1) is 0 Å². The van der Waals surface area contributed by atoms with Gasteiger partial charge in [0.1, 0.15) is 0 Å². The summed E-state index contributed by atoms with van der Waals surface area (Å²) < 4.78 is 0. The first-order valence-corrected chi connectivity index (χ1v) is 8.45. The zero-order chi connectivity index (χ0) is 12.2. The second-order valence-corrected chi connectivity index (χ2v) is 8.15. The molecule has 1 nitrogen and oxygen atoms in total. The Labute approximate surface area is 112 Å². The molecule has 5 saturated carbocycles. The lowest BCUT2D eigenvalue weighted by atomic mass is 9.47. The van der Waals surface area contributed by atoms with E-state index < -0.39 is 0 Å². The molecular formula is C17H29N. The van der Waals surface area contributed by atoms with Crippen molar-refractivity contribution < 1.29 is 0 Å². The molecule has 0 saturated heterocycles. The molecule has 0 aromatic carbocycles. The summed E-state index contributed by atoms with van der Waals surface area (Å²) in [7, 11) is 2.24. The third kappa shape index (κ3) is 1.77. The number of hydrogen-bond acceptors (Lipinski definition) is 1. The van der Waals surface area contributed by atoms with Crippen molar-refractivity contribution in [3.05, 3.63) is 0 Å². The summed E-state index contributed by atoms with van der Waals surface area (Å²) in [5.41, 5.74) is 0.721. The molecule has 5 rings (SSSR count). The van der Waals surface area contributed by atoms with Gasteiger partial charge in [-0.3, -0.25) is 0 Å². The van der Waals surface area contributed by atoms with Crippen LogP contribution in [0.3, 0.4) is 0 Å². The lowest BCUT2D eigenvalue weighted by Gasteiger charge is -2.60. The zero-order valence-electron chi connectivity index (χ0n) is 12.0. The van der Waals surface area contributed by atoms with Gasteiger partial charge in [0.25, 0.3) is 0 Å². The first-order chi connectivity index (χ1) is 8.77. The van der Waals surface area contributed by atoms with Crippen LogP contribution in [0.4, 0.5) is 0 Å². The van der Waals surface area contributed by atoms with Crippen molar-refractivity contribution >= 4 is 0 Å². The van der Waals surface area contributed by atoms with Gasteiger partial charge < -0.3 is 5.32 Å². The maximum absolute atomic E-state index is 3.76. The third-order valence-corrected chi connectivity index (χ3v) is 6.97. The van der Waals surface area contributed by atoms with E-state index in [2.05, 4.69) is 12.4 Å². The minimum absolute atomic E-state index is 0.721. The van der Waals surface area contributed by atoms with Crippen molar-refractivity contribution in [3.8, 4) is 0 Å². The van der Waals surface area contributed by atoms with E-state index >= 15 is 0 Å². The molecule has 102 valence electrons. The quantitative estimate of drug-likeness (QED) is 0.792. The summed E-state index contributed by atoms with van der Waals surface area (Å²) >= 11 is 0. The van der Waals surface area contributed by atoms with Gasteiger partial charge in [-0.25, -0.2) is 0 Å². The normalized spacial score (nSPS) is 48.2. The van der Waals surface area contributed by atoms with E-state index in [1.54, 1.807) is 38.5 Å². The molecule has 0 aromatic rings. The van der Waals surface area contributed by atoms with Crippen LogP contribution in [-0.2, 0) is 0 Å². The Bertz CT molecular complexity index is 282. The predicted octanol–water partition coefficient (Wildman–Crippen LogP) is 3.98. The molecule has 1 heteroatoms. The lowest BCUT2D eigenvalue weighted by Crippen LogP contribution is -2.55. The van der Waals surface area contributed by atoms with Crippen LogP contribution in [-0.4, -0.2) is 13.1 Å². The highest BCUT2D eigenvalue weighted by Crippen LogP contribution is 2.62. The number of nitrogens with one attached hydrogen (secondary N) is 1. The molecule has 0 heterocycles. The highest BCUT2D eigenvalue weighted by Gasteiger charge is 2.54. The molecule has 18 heavy (non-hydrogen) atoms. The molecule has 1 atom stereocenters. The monoisotopic (exact) mass is 247 g/mol. The van der Waals surface area contributed by atoms with Crippen molar-refractivity contribution in [2.45, 2.75) is 70.3 Å². The minimum atomic E-state index is 0.721. The minimum Gasteiger partial charge on any atom is -0.316 e. The van der Waals surface area contributed by atoms with Gasteiger partial charge in [0.15, 0.2) is 0 Å². The zero-order valence-corrected chi connectivity index (χ0v) is 12.0. The lowest BCUT2D eigenvalue weighted by molar-refractivity contribution is -0.0781. The van der Waals surface area contributed by atoms with Gasteiger partial charge in [-0.15, -0.1) is 0 Å². The van der Waals surface area contributed by atoms with Crippen LogP contribution >= 0.6 is 0 Å². The third-order valence-electron chi connectivity index (χ3n) is 6.97. The van der Waals surface area contributed by atoms with E-state index in [1.807, 2.05) is 0 Å². The first-order valence-electron chi connectivity index (χ1n) is 8.45. The number of rotatable bonds is 4. The highest BCUT2D eigenvalue weighted by atomic mass is 14.9. The molecule has 5 fully saturated rings. The average molecular weight is 247 g/mol. The fourth-order valence-electron chi connectivity index (χ4n) is 6.34. The fraction of sp³-hybridized carbons (Fsp3) is 1.00. The summed E-state index contributed by atoms with van der Waals surface area (Å²) in [6.45, 7) is 0. The maximum atomic E-state index is 3.76. The molecule has 0 aliphatic heterocycles. The van der Waals surface area contributed by atoms with E-state index in [0.717, 1.165) is 35.1 Å². The maximum Gasteiger partial charge on any atom is 0.0123 e. The average Bonchev–Trinajstić information content (AvgIpc) is 2.25. The van der Waals surface area contributed by atoms with Crippen molar-refractivity contribution in [2.75, 3.05) is 7.05 Å². The Morgan fingerprint density at radius 3 is 1.94 bits per heavy atom.